The molecule has 3 rings (SSSR count). The standard InChI is InChI=1S/C18H21N3O4S/c1-12(20-18(24)14-3-2-9-25-14)17(23)19-7-4-16(22)21-8-5-15-13(11-21)6-10-26-15/h2-3,6,9-10,12H,4-5,7-8,11H2,1H3,(H,19,23)(H,20,24). The predicted octanol–water partition coefficient (Wildman–Crippen LogP) is 1.55. The van der Waals surface area contributed by atoms with Crippen molar-refractivity contribution in [3.63, 3.8) is 0 Å². The Hall–Kier alpha value is -2.61. The molecule has 0 radical (unpaired) electrons. The second-order valence-electron chi connectivity index (χ2n) is 6.15. The maximum atomic E-state index is 12.3. The van der Waals surface area contributed by atoms with Crippen molar-refractivity contribution in [3.05, 3.63) is 46.0 Å². The lowest BCUT2D eigenvalue weighted by molar-refractivity contribution is -0.132. The van der Waals surface area contributed by atoms with Gasteiger partial charge in [0.1, 0.15) is 6.04 Å². The monoisotopic (exact) mass is 375 g/mol. The van der Waals surface area contributed by atoms with Crippen molar-refractivity contribution >= 4 is 29.1 Å². The summed E-state index contributed by atoms with van der Waals surface area (Å²) < 4.78 is 4.98. The average molecular weight is 375 g/mol. The number of carbonyl (C=O) groups is 3. The summed E-state index contributed by atoms with van der Waals surface area (Å²) in [6.07, 6.45) is 2.52. The van der Waals surface area contributed by atoms with Crippen LogP contribution in [-0.2, 0) is 22.6 Å². The summed E-state index contributed by atoms with van der Waals surface area (Å²) in [6.45, 7) is 3.18. The molecule has 2 aromatic heterocycles. The molecule has 8 heteroatoms. The topological polar surface area (TPSA) is 91.6 Å². The largest absolute Gasteiger partial charge is 0.459 e. The first kappa shape index (κ1) is 18.2. The first-order valence-electron chi connectivity index (χ1n) is 8.49. The normalized spacial score (nSPS) is 14.4. The molecule has 138 valence electrons. The van der Waals surface area contributed by atoms with Crippen LogP contribution in [0.25, 0.3) is 0 Å². The van der Waals surface area contributed by atoms with E-state index in [1.54, 1.807) is 24.3 Å². The molecule has 0 saturated heterocycles. The summed E-state index contributed by atoms with van der Waals surface area (Å²) in [6, 6.07) is 4.47. The van der Waals surface area contributed by atoms with Crippen molar-refractivity contribution in [1.82, 2.24) is 15.5 Å². The van der Waals surface area contributed by atoms with Crippen molar-refractivity contribution in [1.29, 1.82) is 0 Å². The van der Waals surface area contributed by atoms with Crippen LogP contribution < -0.4 is 10.6 Å². The van der Waals surface area contributed by atoms with Gasteiger partial charge < -0.3 is 20.0 Å². The molecule has 0 aromatic carbocycles. The van der Waals surface area contributed by atoms with E-state index in [9.17, 15) is 14.4 Å². The predicted molar refractivity (Wildman–Crippen MR) is 96.7 cm³/mol. The second-order valence-corrected chi connectivity index (χ2v) is 7.15. The zero-order chi connectivity index (χ0) is 18.5. The van der Waals surface area contributed by atoms with E-state index in [4.69, 9.17) is 4.42 Å². The third-order valence-electron chi connectivity index (χ3n) is 4.28. The van der Waals surface area contributed by atoms with Crippen LogP contribution in [0, 0.1) is 0 Å². The van der Waals surface area contributed by atoms with Crippen molar-refractivity contribution < 1.29 is 18.8 Å². The van der Waals surface area contributed by atoms with Crippen LogP contribution in [-0.4, -0.2) is 41.8 Å². The molecule has 0 saturated carbocycles. The Morgan fingerprint density at radius 2 is 2.19 bits per heavy atom. The number of hydrogen-bond donors (Lipinski definition) is 2. The highest BCUT2D eigenvalue weighted by Crippen LogP contribution is 2.24. The number of hydrogen-bond acceptors (Lipinski definition) is 5. The Labute approximate surface area is 155 Å². The lowest BCUT2D eigenvalue weighted by Crippen LogP contribution is -2.45. The zero-order valence-corrected chi connectivity index (χ0v) is 15.3. The maximum absolute atomic E-state index is 12.3. The molecular weight excluding hydrogens is 354 g/mol. The van der Waals surface area contributed by atoms with E-state index in [0.29, 0.717) is 6.54 Å². The fourth-order valence-electron chi connectivity index (χ4n) is 2.81. The van der Waals surface area contributed by atoms with Crippen LogP contribution in [0.2, 0.25) is 0 Å². The average Bonchev–Trinajstić information content (AvgIpc) is 3.32. The van der Waals surface area contributed by atoms with Gasteiger partial charge >= 0.3 is 0 Å². The number of carbonyl (C=O) groups excluding carboxylic acids is 3. The molecule has 0 fully saturated rings. The molecule has 3 heterocycles. The number of amides is 3. The molecule has 0 spiro atoms. The van der Waals surface area contributed by atoms with Gasteiger partial charge in [-0.05, 0) is 42.5 Å². The molecule has 0 aliphatic carbocycles. The molecule has 1 unspecified atom stereocenters. The van der Waals surface area contributed by atoms with E-state index in [1.807, 2.05) is 4.90 Å². The molecule has 1 atom stereocenters. The smallest absolute Gasteiger partial charge is 0.287 e. The second kappa shape index (κ2) is 8.18. The highest BCUT2D eigenvalue weighted by Gasteiger charge is 2.22. The van der Waals surface area contributed by atoms with Gasteiger partial charge in [0, 0.05) is 30.9 Å². The summed E-state index contributed by atoms with van der Waals surface area (Å²) in [5.74, 6) is -0.614. The fourth-order valence-corrected chi connectivity index (χ4v) is 3.70. The SMILES string of the molecule is CC(NC(=O)c1ccco1)C(=O)NCCC(=O)N1CCc2sccc2C1. The number of nitrogens with one attached hydrogen (secondary N) is 2. The quantitative estimate of drug-likeness (QED) is 0.801. The molecular formula is C18H21N3O4S. The number of rotatable bonds is 6. The van der Waals surface area contributed by atoms with Gasteiger partial charge in [-0.1, -0.05) is 0 Å². The first-order chi connectivity index (χ1) is 12.5. The van der Waals surface area contributed by atoms with Crippen LogP contribution >= 0.6 is 11.3 Å². The Morgan fingerprint density at radius 1 is 1.35 bits per heavy atom. The third-order valence-corrected chi connectivity index (χ3v) is 5.31. The van der Waals surface area contributed by atoms with Crippen LogP contribution in [0.15, 0.2) is 34.3 Å². The minimum atomic E-state index is -0.717. The first-order valence-corrected chi connectivity index (χ1v) is 9.37. The summed E-state index contributed by atoms with van der Waals surface area (Å²) in [5.41, 5.74) is 1.22. The van der Waals surface area contributed by atoms with Gasteiger partial charge in [0.25, 0.3) is 5.91 Å². The van der Waals surface area contributed by atoms with Crippen molar-refractivity contribution in [2.75, 3.05) is 13.1 Å². The molecule has 2 aromatic rings. The Kier molecular flexibility index (Phi) is 5.72. The van der Waals surface area contributed by atoms with E-state index in [-0.39, 0.29) is 30.5 Å². The minimum absolute atomic E-state index is 0.0226. The van der Waals surface area contributed by atoms with E-state index in [0.717, 1.165) is 13.0 Å². The van der Waals surface area contributed by atoms with Gasteiger partial charge in [-0.25, -0.2) is 0 Å². The zero-order valence-electron chi connectivity index (χ0n) is 14.5. The minimum Gasteiger partial charge on any atom is -0.459 e. The van der Waals surface area contributed by atoms with Gasteiger partial charge in [0.2, 0.25) is 11.8 Å². The summed E-state index contributed by atoms with van der Waals surface area (Å²) >= 11 is 1.73. The number of nitrogens with zero attached hydrogens (tertiary/aromatic N) is 1. The number of fused-ring (bicyclic) bond motifs is 1. The van der Waals surface area contributed by atoms with Gasteiger partial charge in [0.05, 0.1) is 6.26 Å². The van der Waals surface area contributed by atoms with E-state index in [2.05, 4.69) is 22.1 Å². The van der Waals surface area contributed by atoms with Gasteiger partial charge in [-0.2, -0.15) is 0 Å². The molecule has 3 amide bonds. The van der Waals surface area contributed by atoms with Crippen LogP contribution in [0.4, 0.5) is 0 Å². The molecule has 26 heavy (non-hydrogen) atoms. The molecule has 1 aliphatic heterocycles. The van der Waals surface area contributed by atoms with Gasteiger partial charge in [-0.15, -0.1) is 11.3 Å². The Bertz CT molecular complexity index is 784. The van der Waals surface area contributed by atoms with Gasteiger partial charge in [-0.3, -0.25) is 14.4 Å². The van der Waals surface area contributed by atoms with Crippen molar-refractivity contribution in [2.45, 2.75) is 32.4 Å². The van der Waals surface area contributed by atoms with E-state index < -0.39 is 11.9 Å². The van der Waals surface area contributed by atoms with E-state index >= 15 is 0 Å². The van der Waals surface area contributed by atoms with Crippen molar-refractivity contribution in [3.8, 4) is 0 Å². The molecule has 0 bridgehead atoms. The third kappa shape index (κ3) is 4.32. The highest BCUT2D eigenvalue weighted by molar-refractivity contribution is 7.10. The van der Waals surface area contributed by atoms with Crippen LogP contribution in [0.3, 0.4) is 0 Å². The van der Waals surface area contributed by atoms with Crippen LogP contribution in [0.1, 0.15) is 34.3 Å². The maximum Gasteiger partial charge on any atom is 0.287 e. The number of thiophene rings is 1. The molecule has 7 nitrogen and oxygen atoms in total. The molecule has 1 aliphatic rings. The highest BCUT2D eigenvalue weighted by atomic mass is 32.1. The lowest BCUT2D eigenvalue weighted by Gasteiger charge is -2.27. The lowest BCUT2D eigenvalue weighted by atomic mass is 10.1. The number of furan rings is 1. The Balaban J connectivity index is 1.39. The summed E-state index contributed by atoms with van der Waals surface area (Å²) in [5, 5.41) is 7.29. The molecule has 2 N–H and O–H groups in total. The summed E-state index contributed by atoms with van der Waals surface area (Å²) in [4.78, 5) is 39.4. The Morgan fingerprint density at radius 3 is 2.96 bits per heavy atom. The van der Waals surface area contributed by atoms with Crippen LogP contribution in [0.5, 0.6) is 0 Å². The van der Waals surface area contributed by atoms with E-state index in [1.165, 1.54) is 22.8 Å². The van der Waals surface area contributed by atoms with Gasteiger partial charge in [0.15, 0.2) is 5.76 Å². The fraction of sp³-hybridized carbons (Fsp3) is 0.389. The summed E-state index contributed by atoms with van der Waals surface area (Å²) in [7, 11) is 0. The van der Waals surface area contributed by atoms with Crippen molar-refractivity contribution in [2.24, 2.45) is 0 Å².